The SMILES string of the molecule is CN(c1ccccc1F)S(=O)(=O)c1cccc(C(=O)NC2CC2)c1. The highest BCUT2D eigenvalue weighted by Gasteiger charge is 2.26. The molecule has 0 radical (unpaired) electrons. The van der Waals surface area contributed by atoms with Gasteiger partial charge in [0.05, 0.1) is 10.6 Å². The molecule has 126 valence electrons. The van der Waals surface area contributed by atoms with E-state index in [1.807, 2.05) is 0 Å². The van der Waals surface area contributed by atoms with Gasteiger partial charge in [0.25, 0.3) is 15.9 Å². The van der Waals surface area contributed by atoms with Gasteiger partial charge in [-0.1, -0.05) is 18.2 Å². The van der Waals surface area contributed by atoms with Crippen LogP contribution in [0.15, 0.2) is 53.4 Å². The summed E-state index contributed by atoms with van der Waals surface area (Å²) in [7, 11) is -2.69. The molecule has 1 N–H and O–H groups in total. The first-order valence-electron chi connectivity index (χ1n) is 7.54. The molecule has 0 atom stereocenters. The van der Waals surface area contributed by atoms with E-state index < -0.39 is 15.8 Å². The van der Waals surface area contributed by atoms with Crippen molar-refractivity contribution < 1.29 is 17.6 Å². The number of nitrogens with one attached hydrogen (secondary N) is 1. The fourth-order valence-corrected chi connectivity index (χ4v) is 3.54. The van der Waals surface area contributed by atoms with E-state index in [-0.39, 0.29) is 28.1 Å². The summed E-state index contributed by atoms with van der Waals surface area (Å²) in [6, 6.07) is 11.6. The number of halogens is 1. The summed E-state index contributed by atoms with van der Waals surface area (Å²) < 4.78 is 40.2. The van der Waals surface area contributed by atoms with Gasteiger partial charge in [-0.3, -0.25) is 9.10 Å². The van der Waals surface area contributed by atoms with Crippen LogP contribution in [0.1, 0.15) is 23.2 Å². The van der Waals surface area contributed by atoms with Crippen LogP contribution in [-0.2, 0) is 10.0 Å². The molecule has 1 fully saturated rings. The van der Waals surface area contributed by atoms with Crippen LogP contribution in [0.25, 0.3) is 0 Å². The van der Waals surface area contributed by atoms with Crippen molar-refractivity contribution in [2.24, 2.45) is 0 Å². The van der Waals surface area contributed by atoms with Gasteiger partial charge in [-0.25, -0.2) is 12.8 Å². The Morgan fingerprint density at radius 1 is 1.17 bits per heavy atom. The zero-order valence-electron chi connectivity index (χ0n) is 13.1. The van der Waals surface area contributed by atoms with Crippen LogP contribution in [0.5, 0.6) is 0 Å². The molecule has 0 unspecified atom stereocenters. The fourth-order valence-electron chi connectivity index (χ4n) is 2.29. The quantitative estimate of drug-likeness (QED) is 0.903. The lowest BCUT2D eigenvalue weighted by Crippen LogP contribution is -2.28. The van der Waals surface area contributed by atoms with E-state index >= 15 is 0 Å². The average Bonchev–Trinajstić information content (AvgIpc) is 3.38. The number of carbonyl (C=O) groups excluding carboxylic acids is 1. The second kappa shape index (κ2) is 6.24. The predicted octanol–water partition coefficient (Wildman–Crippen LogP) is 2.54. The third kappa shape index (κ3) is 3.26. The van der Waals surface area contributed by atoms with Crippen molar-refractivity contribution >= 4 is 21.6 Å². The number of sulfonamides is 1. The third-order valence-corrected chi connectivity index (χ3v) is 5.63. The first kappa shape index (κ1) is 16.4. The van der Waals surface area contributed by atoms with Gasteiger partial charge in [0.1, 0.15) is 5.82 Å². The first-order valence-corrected chi connectivity index (χ1v) is 8.98. The highest BCUT2D eigenvalue weighted by molar-refractivity contribution is 7.92. The van der Waals surface area contributed by atoms with E-state index in [1.54, 1.807) is 12.1 Å². The summed E-state index contributed by atoms with van der Waals surface area (Å²) in [5.74, 6) is -0.936. The minimum absolute atomic E-state index is 0.0506. The molecule has 0 aliphatic heterocycles. The molecule has 5 nitrogen and oxygen atoms in total. The summed E-state index contributed by atoms with van der Waals surface area (Å²) in [5, 5.41) is 2.81. The predicted molar refractivity (Wildman–Crippen MR) is 88.9 cm³/mol. The zero-order chi connectivity index (χ0) is 17.3. The van der Waals surface area contributed by atoms with Gasteiger partial charge in [-0.2, -0.15) is 0 Å². The highest BCUT2D eigenvalue weighted by atomic mass is 32.2. The Balaban J connectivity index is 1.92. The standard InChI is InChI=1S/C17H17FN2O3S/c1-20(16-8-3-2-7-15(16)18)24(22,23)14-6-4-5-12(11-14)17(21)19-13-9-10-13/h2-8,11,13H,9-10H2,1H3,(H,19,21). The van der Waals surface area contributed by atoms with E-state index in [0.717, 1.165) is 17.1 Å². The van der Waals surface area contributed by atoms with E-state index in [1.165, 1.54) is 43.4 Å². The normalized spacial score (nSPS) is 14.2. The number of para-hydroxylation sites is 1. The molecule has 2 aromatic carbocycles. The lowest BCUT2D eigenvalue weighted by Gasteiger charge is -2.20. The van der Waals surface area contributed by atoms with Crippen LogP contribution >= 0.6 is 0 Å². The van der Waals surface area contributed by atoms with Crippen molar-refractivity contribution in [1.29, 1.82) is 0 Å². The summed E-state index contributed by atoms with van der Waals surface area (Å²) in [4.78, 5) is 12.0. The first-order chi connectivity index (χ1) is 11.4. The molecule has 7 heteroatoms. The largest absolute Gasteiger partial charge is 0.349 e. The van der Waals surface area contributed by atoms with Crippen molar-refractivity contribution in [2.75, 3.05) is 11.4 Å². The van der Waals surface area contributed by atoms with E-state index in [0.29, 0.717) is 0 Å². The van der Waals surface area contributed by atoms with Crippen molar-refractivity contribution in [3.63, 3.8) is 0 Å². The van der Waals surface area contributed by atoms with E-state index in [9.17, 15) is 17.6 Å². The molecule has 1 saturated carbocycles. The van der Waals surface area contributed by atoms with Gasteiger partial charge in [-0.15, -0.1) is 0 Å². The maximum absolute atomic E-state index is 13.9. The lowest BCUT2D eigenvalue weighted by molar-refractivity contribution is 0.0951. The van der Waals surface area contributed by atoms with Gasteiger partial charge >= 0.3 is 0 Å². The number of rotatable bonds is 5. The Kier molecular flexibility index (Phi) is 4.28. The number of carbonyl (C=O) groups is 1. The minimum atomic E-state index is -3.97. The minimum Gasteiger partial charge on any atom is -0.349 e. The smallest absolute Gasteiger partial charge is 0.264 e. The van der Waals surface area contributed by atoms with Gasteiger partial charge in [0.15, 0.2) is 0 Å². The van der Waals surface area contributed by atoms with E-state index in [2.05, 4.69) is 5.32 Å². The van der Waals surface area contributed by atoms with Crippen LogP contribution in [0.2, 0.25) is 0 Å². The van der Waals surface area contributed by atoms with Crippen LogP contribution in [0, 0.1) is 5.82 Å². The molecule has 0 aromatic heterocycles. The molecule has 2 aromatic rings. The molecular formula is C17H17FN2O3S. The second-order valence-electron chi connectivity index (χ2n) is 5.70. The Hall–Kier alpha value is -2.41. The third-order valence-electron chi connectivity index (χ3n) is 3.86. The number of hydrogen-bond donors (Lipinski definition) is 1. The number of amides is 1. The number of hydrogen-bond acceptors (Lipinski definition) is 3. The average molecular weight is 348 g/mol. The van der Waals surface area contributed by atoms with Crippen LogP contribution in [0.4, 0.5) is 10.1 Å². The van der Waals surface area contributed by atoms with Crippen LogP contribution in [-0.4, -0.2) is 27.4 Å². The lowest BCUT2D eigenvalue weighted by atomic mass is 10.2. The van der Waals surface area contributed by atoms with Gasteiger partial charge in [0, 0.05) is 18.7 Å². The number of anilines is 1. The number of benzene rings is 2. The highest BCUT2D eigenvalue weighted by Crippen LogP contribution is 2.25. The molecule has 1 amide bonds. The van der Waals surface area contributed by atoms with Crippen LogP contribution < -0.4 is 9.62 Å². The maximum Gasteiger partial charge on any atom is 0.264 e. The number of nitrogens with zero attached hydrogens (tertiary/aromatic N) is 1. The molecule has 0 heterocycles. The summed E-state index contributed by atoms with van der Waals surface area (Å²) in [6.45, 7) is 0. The zero-order valence-corrected chi connectivity index (χ0v) is 13.9. The summed E-state index contributed by atoms with van der Waals surface area (Å²) in [5.41, 5.74) is 0.218. The molecule has 1 aliphatic carbocycles. The van der Waals surface area contributed by atoms with Crippen LogP contribution in [0.3, 0.4) is 0 Å². The topological polar surface area (TPSA) is 66.5 Å². The Morgan fingerprint density at radius 3 is 2.54 bits per heavy atom. The van der Waals surface area contributed by atoms with E-state index in [4.69, 9.17) is 0 Å². The monoisotopic (exact) mass is 348 g/mol. The van der Waals surface area contributed by atoms with Crippen molar-refractivity contribution in [1.82, 2.24) is 5.32 Å². The molecule has 0 saturated heterocycles. The maximum atomic E-state index is 13.9. The molecule has 1 aliphatic rings. The Bertz CT molecular complexity index is 879. The van der Waals surface area contributed by atoms with Gasteiger partial charge in [-0.05, 0) is 43.2 Å². The second-order valence-corrected chi connectivity index (χ2v) is 7.67. The van der Waals surface area contributed by atoms with Crippen molar-refractivity contribution in [3.8, 4) is 0 Å². The van der Waals surface area contributed by atoms with Crippen molar-refractivity contribution in [3.05, 3.63) is 59.9 Å². The van der Waals surface area contributed by atoms with Gasteiger partial charge in [0.2, 0.25) is 0 Å². The van der Waals surface area contributed by atoms with Crippen molar-refractivity contribution in [2.45, 2.75) is 23.8 Å². The fraction of sp³-hybridized carbons (Fsp3) is 0.235. The summed E-state index contributed by atoms with van der Waals surface area (Å²) in [6.07, 6.45) is 1.89. The molecule has 0 spiro atoms. The molecule has 3 rings (SSSR count). The van der Waals surface area contributed by atoms with Gasteiger partial charge < -0.3 is 5.32 Å². The molecule has 24 heavy (non-hydrogen) atoms. The Labute approximate surface area is 140 Å². The molecular weight excluding hydrogens is 331 g/mol. The summed E-state index contributed by atoms with van der Waals surface area (Å²) >= 11 is 0. The molecule has 0 bridgehead atoms. The Morgan fingerprint density at radius 2 is 1.88 bits per heavy atom.